The highest BCUT2D eigenvalue weighted by Crippen LogP contribution is 2.22. The van der Waals surface area contributed by atoms with Gasteiger partial charge in [-0.2, -0.15) is 4.31 Å². The van der Waals surface area contributed by atoms with Crippen molar-refractivity contribution in [3.05, 3.63) is 63.7 Å². The zero-order chi connectivity index (χ0) is 18.0. The Hall–Kier alpha value is -2.00. The average molecular weight is 383 g/mol. The number of hydrogen-bond acceptors (Lipinski definition) is 4. The summed E-state index contributed by atoms with van der Waals surface area (Å²) >= 11 is 6.21. The molecule has 0 saturated carbocycles. The molecule has 25 heavy (non-hydrogen) atoms. The van der Waals surface area contributed by atoms with Gasteiger partial charge < -0.3 is 0 Å². The monoisotopic (exact) mass is 382 g/mol. The van der Waals surface area contributed by atoms with Crippen molar-refractivity contribution in [3.8, 4) is 0 Å². The molecule has 1 heterocycles. The zero-order valence-electron chi connectivity index (χ0n) is 13.3. The lowest BCUT2D eigenvalue weighted by molar-refractivity contribution is -0.837. The van der Waals surface area contributed by atoms with Crippen LogP contribution in [0.5, 0.6) is 0 Å². The molecule has 1 aliphatic rings. The number of hydrogen-bond donors (Lipinski definition) is 1. The van der Waals surface area contributed by atoms with Crippen molar-refractivity contribution >= 4 is 33.0 Å². The summed E-state index contributed by atoms with van der Waals surface area (Å²) in [5, 5.41) is 11.5. The molecule has 1 N–H and O–H groups in total. The van der Waals surface area contributed by atoms with Gasteiger partial charge in [0, 0.05) is 18.2 Å². The first kappa shape index (κ1) is 17.8. The predicted molar refractivity (Wildman–Crippen MR) is 93.7 cm³/mol. The highest BCUT2D eigenvalue weighted by Gasteiger charge is 2.32. The van der Waals surface area contributed by atoms with Crippen LogP contribution in [0.4, 0.5) is 11.4 Å². The second-order valence-electron chi connectivity index (χ2n) is 5.74. The van der Waals surface area contributed by atoms with E-state index in [0.717, 1.165) is 16.7 Å². The summed E-state index contributed by atoms with van der Waals surface area (Å²) in [7, 11) is -3.75. The smallest absolute Gasteiger partial charge is 0.270 e. The van der Waals surface area contributed by atoms with Gasteiger partial charge in [0.25, 0.3) is 5.69 Å². The van der Waals surface area contributed by atoms with Gasteiger partial charge in [0.15, 0.2) is 0 Å². The van der Waals surface area contributed by atoms with Crippen LogP contribution in [-0.2, 0) is 10.0 Å². The minimum Gasteiger partial charge on any atom is -0.299 e. The number of nitrogens with zero attached hydrogens (tertiary/aromatic N) is 2. The van der Waals surface area contributed by atoms with Crippen molar-refractivity contribution in [1.29, 1.82) is 0 Å². The van der Waals surface area contributed by atoms with Gasteiger partial charge in [-0.15, -0.1) is 0 Å². The van der Waals surface area contributed by atoms with E-state index < -0.39 is 14.9 Å². The summed E-state index contributed by atoms with van der Waals surface area (Å²) in [6.07, 6.45) is 0. The number of rotatable bonds is 4. The Morgan fingerprint density at radius 1 is 1.08 bits per heavy atom. The van der Waals surface area contributed by atoms with Gasteiger partial charge in [0.2, 0.25) is 10.0 Å². The third-order valence-electron chi connectivity index (χ3n) is 4.25. The molecule has 0 aromatic heterocycles. The van der Waals surface area contributed by atoms with Crippen LogP contribution in [-0.4, -0.2) is 43.8 Å². The molecule has 1 saturated heterocycles. The maximum atomic E-state index is 12.7. The predicted octanol–water partition coefficient (Wildman–Crippen LogP) is 1.47. The normalized spacial score (nSPS) is 16.7. The second-order valence-corrected chi connectivity index (χ2v) is 8.09. The molecule has 132 valence electrons. The Bertz CT molecular complexity index is 896. The lowest BCUT2D eigenvalue weighted by Crippen LogP contribution is -3.10. The van der Waals surface area contributed by atoms with Crippen molar-refractivity contribution in [2.75, 3.05) is 26.2 Å². The minimum absolute atomic E-state index is 0.0529. The Labute approximate surface area is 150 Å². The van der Waals surface area contributed by atoms with Gasteiger partial charge in [-0.05, 0) is 12.1 Å². The molecule has 0 aliphatic carbocycles. The SMILES string of the molecule is O=[N+]([O-])c1cccc(S(=O)(=O)N2CC[NH+](c3ccccc3Cl)CC2)c1. The van der Waals surface area contributed by atoms with E-state index in [1.54, 1.807) is 0 Å². The number of nitro groups is 1. The van der Waals surface area contributed by atoms with E-state index in [9.17, 15) is 18.5 Å². The number of nitro benzene ring substituents is 1. The summed E-state index contributed by atoms with van der Waals surface area (Å²) in [6.45, 7) is 1.81. The highest BCUT2D eigenvalue weighted by atomic mass is 35.5. The molecule has 0 radical (unpaired) electrons. The van der Waals surface area contributed by atoms with E-state index in [-0.39, 0.29) is 10.6 Å². The van der Waals surface area contributed by atoms with Gasteiger partial charge in [-0.3, -0.25) is 15.0 Å². The number of nitrogens with one attached hydrogen (secondary N) is 1. The lowest BCUT2D eigenvalue weighted by Gasteiger charge is -2.31. The average Bonchev–Trinajstić information content (AvgIpc) is 2.62. The molecule has 9 heteroatoms. The van der Waals surface area contributed by atoms with Crippen molar-refractivity contribution in [2.45, 2.75) is 4.90 Å². The van der Waals surface area contributed by atoms with Crippen molar-refractivity contribution in [3.63, 3.8) is 0 Å². The second kappa shape index (κ2) is 7.09. The standard InChI is InChI=1S/C16H16ClN3O4S/c17-15-6-1-2-7-16(15)18-8-10-19(11-9-18)25(23,24)14-5-3-4-13(12-14)20(21)22/h1-7,12H,8-11H2/p+1. The molecule has 1 fully saturated rings. The molecule has 2 aromatic carbocycles. The Kier molecular flexibility index (Phi) is 5.05. The number of non-ortho nitro benzene ring substituents is 1. The third-order valence-corrected chi connectivity index (χ3v) is 6.47. The topological polar surface area (TPSA) is 85.0 Å². The Morgan fingerprint density at radius 2 is 1.76 bits per heavy atom. The number of para-hydroxylation sites is 1. The molecule has 7 nitrogen and oxygen atoms in total. The van der Waals surface area contributed by atoms with Gasteiger partial charge in [-0.25, -0.2) is 8.42 Å². The number of quaternary nitrogens is 1. The summed E-state index contributed by atoms with van der Waals surface area (Å²) in [4.78, 5) is 11.3. The molecule has 0 unspecified atom stereocenters. The van der Waals surface area contributed by atoms with Gasteiger partial charge in [0.05, 0.1) is 36.0 Å². The van der Waals surface area contributed by atoms with Crippen LogP contribution in [0.15, 0.2) is 53.4 Å². The lowest BCUT2D eigenvalue weighted by atomic mass is 10.2. The van der Waals surface area contributed by atoms with Crippen LogP contribution in [0, 0.1) is 10.1 Å². The molecular formula is C16H17ClN3O4S+. The van der Waals surface area contributed by atoms with E-state index in [2.05, 4.69) is 0 Å². The largest absolute Gasteiger partial charge is 0.299 e. The summed E-state index contributed by atoms with van der Waals surface area (Å²) in [5.74, 6) is 0. The molecular weight excluding hydrogens is 366 g/mol. The Balaban J connectivity index is 1.77. The van der Waals surface area contributed by atoms with Crippen LogP contribution >= 0.6 is 11.6 Å². The van der Waals surface area contributed by atoms with E-state index in [1.807, 2.05) is 24.3 Å². The van der Waals surface area contributed by atoms with Crippen molar-refractivity contribution < 1.29 is 18.2 Å². The number of sulfonamides is 1. The maximum Gasteiger partial charge on any atom is 0.270 e. The van der Waals surface area contributed by atoms with Crippen molar-refractivity contribution in [1.82, 2.24) is 4.31 Å². The van der Waals surface area contributed by atoms with Crippen molar-refractivity contribution in [2.24, 2.45) is 0 Å². The molecule has 0 spiro atoms. The van der Waals surface area contributed by atoms with Crippen LogP contribution in [0.1, 0.15) is 0 Å². The van der Waals surface area contributed by atoms with E-state index in [1.165, 1.54) is 22.5 Å². The number of piperazine rings is 1. The van der Waals surface area contributed by atoms with Crippen LogP contribution in [0.25, 0.3) is 0 Å². The fourth-order valence-corrected chi connectivity index (χ4v) is 4.67. The molecule has 0 bridgehead atoms. The van der Waals surface area contributed by atoms with Gasteiger partial charge in [0.1, 0.15) is 10.7 Å². The first-order chi connectivity index (χ1) is 11.9. The molecule has 0 atom stereocenters. The molecule has 3 rings (SSSR count). The zero-order valence-corrected chi connectivity index (χ0v) is 14.8. The van der Waals surface area contributed by atoms with Gasteiger partial charge >= 0.3 is 0 Å². The third kappa shape index (κ3) is 3.67. The quantitative estimate of drug-likeness (QED) is 0.641. The first-order valence-corrected chi connectivity index (χ1v) is 9.55. The minimum atomic E-state index is -3.75. The maximum absolute atomic E-state index is 12.7. The Morgan fingerprint density at radius 3 is 2.40 bits per heavy atom. The summed E-state index contributed by atoms with van der Waals surface area (Å²) in [5.41, 5.74) is 0.720. The van der Waals surface area contributed by atoms with E-state index >= 15 is 0 Å². The molecule has 0 amide bonds. The fraction of sp³-hybridized carbons (Fsp3) is 0.250. The van der Waals surface area contributed by atoms with E-state index in [0.29, 0.717) is 31.2 Å². The van der Waals surface area contributed by atoms with Crippen LogP contribution in [0.2, 0.25) is 5.02 Å². The van der Waals surface area contributed by atoms with Crippen LogP contribution in [0.3, 0.4) is 0 Å². The molecule has 1 aliphatic heterocycles. The number of benzene rings is 2. The summed E-state index contributed by atoms with van der Waals surface area (Å²) < 4.78 is 26.8. The molecule has 2 aromatic rings. The first-order valence-electron chi connectivity index (χ1n) is 7.74. The van der Waals surface area contributed by atoms with Gasteiger partial charge in [-0.1, -0.05) is 29.8 Å². The highest BCUT2D eigenvalue weighted by molar-refractivity contribution is 7.89. The van der Waals surface area contributed by atoms with Crippen LogP contribution < -0.4 is 4.90 Å². The summed E-state index contributed by atoms with van der Waals surface area (Å²) in [6, 6.07) is 12.7. The number of halogens is 1. The fourth-order valence-electron chi connectivity index (χ4n) is 2.92. The van der Waals surface area contributed by atoms with E-state index in [4.69, 9.17) is 11.6 Å².